The zero-order valence-electron chi connectivity index (χ0n) is 7.74. The molecule has 5 atom stereocenters. The number of fused-ring (bicyclic) bond motifs is 2. The summed E-state index contributed by atoms with van der Waals surface area (Å²) in [5.74, 6) is 2.03. The summed E-state index contributed by atoms with van der Waals surface area (Å²) in [5, 5.41) is 9.56. The molecule has 2 bridgehead atoms. The lowest BCUT2D eigenvalue weighted by atomic mass is 9.65. The maximum absolute atomic E-state index is 9.56. The Labute approximate surface area is 74.1 Å². The first kappa shape index (κ1) is 8.52. The maximum atomic E-state index is 9.56. The summed E-state index contributed by atoms with van der Waals surface area (Å²) < 4.78 is 0. The summed E-state index contributed by atoms with van der Waals surface area (Å²) >= 11 is 0. The van der Waals surface area contributed by atoms with Crippen LogP contribution in [0.25, 0.3) is 0 Å². The molecule has 3 N–H and O–H groups in total. The monoisotopic (exact) mass is 169 g/mol. The molecule has 0 saturated heterocycles. The molecule has 0 aromatic carbocycles. The second-order valence-corrected chi connectivity index (χ2v) is 4.78. The van der Waals surface area contributed by atoms with Crippen LogP contribution in [0.3, 0.4) is 0 Å². The Morgan fingerprint density at radius 2 is 1.92 bits per heavy atom. The Morgan fingerprint density at radius 3 is 2.67 bits per heavy atom. The summed E-state index contributed by atoms with van der Waals surface area (Å²) in [4.78, 5) is 0. The molecular weight excluding hydrogens is 150 g/mol. The number of nitrogens with two attached hydrogens (primary N) is 1. The third kappa shape index (κ3) is 1.38. The molecule has 2 aliphatic rings. The van der Waals surface area contributed by atoms with Gasteiger partial charge in [-0.15, -0.1) is 0 Å². The van der Waals surface area contributed by atoms with E-state index in [2.05, 4.69) is 6.92 Å². The van der Waals surface area contributed by atoms with Gasteiger partial charge in [-0.3, -0.25) is 0 Å². The van der Waals surface area contributed by atoms with Crippen LogP contribution in [0.1, 0.15) is 32.6 Å². The van der Waals surface area contributed by atoms with Gasteiger partial charge in [-0.05, 0) is 43.4 Å². The van der Waals surface area contributed by atoms with Crippen molar-refractivity contribution in [1.29, 1.82) is 0 Å². The van der Waals surface area contributed by atoms with E-state index in [0.29, 0.717) is 17.9 Å². The van der Waals surface area contributed by atoms with Gasteiger partial charge in [0.2, 0.25) is 0 Å². The van der Waals surface area contributed by atoms with Gasteiger partial charge in [0.05, 0.1) is 6.10 Å². The molecule has 0 amide bonds. The zero-order chi connectivity index (χ0) is 8.72. The third-order valence-electron chi connectivity index (χ3n) is 3.72. The van der Waals surface area contributed by atoms with E-state index in [1.54, 1.807) is 0 Å². The minimum absolute atomic E-state index is 0.0627. The van der Waals surface area contributed by atoms with Gasteiger partial charge in [-0.2, -0.15) is 0 Å². The summed E-state index contributed by atoms with van der Waals surface area (Å²) in [6.07, 6.45) is 4.40. The average Bonchev–Trinajstić information content (AvgIpc) is 1.99. The van der Waals surface area contributed by atoms with E-state index >= 15 is 0 Å². The first-order chi connectivity index (χ1) is 5.66. The van der Waals surface area contributed by atoms with Crippen LogP contribution in [-0.2, 0) is 0 Å². The fraction of sp³-hybridized carbons (Fsp3) is 1.00. The highest BCUT2D eigenvalue weighted by Crippen LogP contribution is 2.41. The van der Waals surface area contributed by atoms with Gasteiger partial charge in [0, 0.05) is 6.04 Å². The molecule has 2 nitrogen and oxygen atoms in total. The Balaban J connectivity index is 2.07. The quantitative estimate of drug-likeness (QED) is 0.571. The van der Waals surface area contributed by atoms with Crippen LogP contribution in [0.5, 0.6) is 0 Å². The van der Waals surface area contributed by atoms with Gasteiger partial charge in [0.15, 0.2) is 0 Å². The summed E-state index contributed by atoms with van der Waals surface area (Å²) in [7, 11) is 0. The Kier molecular flexibility index (Phi) is 2.13. The van der Waals surface area contributed by atoms with Crippen molar-refractivity contribution in [3.05, 3.63) is 0 Å². The second-order valence-electron chi connectivity index (χ2n) is 4.78. The van der Waals surface area contributed by atoms with Crippen LogP contribution >= 0.6 is 0 Å². The van der Waals surface area contributed by atoms with Crippen molar-refractivity contribution < 1.29 is 5.11 Å². The minimum Gasteiger partial charge on any atom is -0.393 e. The molecule has 70 valence electrons. The highest BCUT2D eigenvalue weighted by atomic mass is 16.3. The van der Waals surface area contributed by atoms with Crippen molar-refractivity contribution in [3.8, 4) is 0 Å². The molecule has 0 heterocycles. The molecule has 3 unspecified atom stereocenters. The number of hydrogen-bond donors (Lipinski definition) is 2. The lowest BCUT2D eigenvalue weighted by Crippen LogP contribution is -2.47. The fourth-order valence-electron chi connectivity index (χ4n) is 3.11. The van der Waals surface area contributed by atoms with Crippen molar-refractivity contribution in [3.63, 3.8) is 0 Å². The first-order valence-corrected chi connectivity index (χ1v) is 5.10. The van der Waals surface area contributed by atoms with Crippen LogP contribution in [0.2, 0.25) is 0 Å². The van der Waals surface area contributed by atoms with E-state index in [1.165, 1.54) is 12.8 Å². The van der Waals surface area contributed by atoms with Gasteiger partial charge in [-0.25, -0.2) is 0 Å². The van der Waals surface area contributed by atoms with E-state index in [4.69, 9.17) is 5.73 Å². The van der Waals surface area contributed by atoms with Gasteiger partial charge >= 0.3 is 0 Å². The third-order valence-corrected chi connectivity index (χ3v) is 3.72. The molecule has 0 aromatic heterocycles. The molecular formula is C10H19NO. The first-order valence-electron chi connectivity index (χ1n) is 5.10. The molecule has 12 heavy (non-hydrogen) atoms. The molecule has 0 aromatic rings. The molecule has 2 heteroatoms. The Bertz CT molecular complexity index is 167. The largest absolute Gasteiger partial charge is 0.393 e. The van der Waals surface area contributed by atoms with E-state index < -0.39 is 0 Å². The number of aliphatic hydroxyl groups excluding tert-OH is 1. The minimum atomic E-state index is -0.0627. The standard InChI is InChI=1S/C10H19NO/c1-6-2-7-3-8(10(6)11)5-9(12)4-7/h6-10,12H,2-5,11H2,1H3/t6?,7?,8?,9-,10+/m0/s1. The molecule has 2 fully saturated rings. The topological polar surface area (TPSA) is 46.2 Å². The van der Waals surface area contributed by atoms with Crippen molar-refractivity contribution in [2.75, 3.05) is 0 Å². The van der Waals surface area contributed by atoms with Crippen molar-refractivity contribution >= 4 is 0 Å². The van der Waals surface area contributed by atoms with Gasteiger partial charge < -0.3 is 10.8 Å². The van der Waals surface area contributed by atoms with Gasteiger partial charge in [0.25, 0.3) is 0 Å². The number of aliphatic hydroxyl groups is 1. The van der Waals surface area contributed by atoms with Gasteiger partial charge in [0.1, 0.15) is 0 Å². The van der Waals surface area contributed by atoms with Crippen molar-refractivity contribution in [1.82, 2.24) is 0 Å². The van der Waals surface area contributed by atoms with E-state index in [-0.39, 0.29) is 6.10 Å². The lowest BCUT2D eigenvalue weighted by Gasteiger charge is -2.44. The molecule has 0 radical (unpaired) electrons. The SMILES string of the molecule is CC1CC2CC(C[C@@H](O)C2)[C@@H]1N. The molecule has 0 spiro atoms. The van der Waals surface area contributed by atoms with E-state index in [1.807, 2.05) is 0 Å². The van der Waals surface area contributed by atoms with Crippen molar-refractivity contribution in [2.45, 2.75) is 44.8 Å². The number of rotatable bonds is 0. The predicted octanol–water partition coefficient (Wildman–Crippen LogP) is 1.13. The normalized spacial score (nSPS) is 53.8. The van der Waals surface area contributed by atoms with Crippen LogP contribution in [0.4, 0.5) is 0 Å². The van der Waals surface area contributed by atoms with Crippen LogP contribution in [-0.4, -0.2) is 17.3 Å². The van der Waals surface area contributed by atoms with E-state index in [0.717, 1.165) is 18.8 Å². The lowest BCUT2D eigenvalue weighted by molar-refractivity contribution is 0.0185. The fourth-order valence-corrected chi connectivity index (χ4v) is 3.11. The highest BCUT2D eigenvalue weighted by Gasteiger charge is 2.38. The van der Waals surface area contributed by atoms with E-state index in [9.17, 15) is 5.11 Å². The van der Waals surface area contributed by atoms with Crippen LogP contribution < -0.4 is 5.73 Å². The zero-order valence-corrected chi connectivity index (χ0v) is 7.74. The summed E-state index contributed by atoms with van der Waals surface area (Å²) in [6.45, 7) is 2.25. The smallest absolute Gasteiger partial charge is 0.0546 e. The molecule has 2 saturated carbocycles. The summed E-state index contributed by atoms with van der Waals surface area (Å²) in [6, 6.07) is 0.344. The van der Waals surface area contributed by atoms with Crippen LogP contribution in [0, 0.1) is 17.8 Å². The molecule has 0 aliphatic heterocycles. The predicted molar refractivity (Wildman–Crippen MR) is 48.6 cm³/mol. The highest BCUT2D eigenvalue weighted by molar-refractivity contribution is 4.92. The molecule has 2 rings (SSSR count). The Hall–Kier alpha value is -0.0800. The average molecular weight is 169 g/mol. The number of hydrogen-bond acceptors (Lipinski definition) is 2. The summed E-state index contributed by atoms with van der Waals surface area (Å²) in [5.41, 5.74) is 6.08. The second kappa shape index (κ2) is 3.00. The van der Waals surface area contributed by atoms with Crippen LogP contribution in [0.15, 0.2) is 0 Å². The Morgan fingerprint density at radius 1 is 1.17 bits per heavy atom. The molecule has 2 aliphatic carbocycles. The van der Waals surface area contributed by atoms with Crippen molar-refractivity contribution in [2.24, 2.45) is 23.5 Å². The maximum Gasteiger partial charge on any atom is 0.0546 e. The van der Waals surface area contributed by atoms with Gasteiger partial charge in [-0.1, -0.05) is 6.92 Å².